The van der Waals surface area contributed by atoms with Crippen LogP contribution in [0.5, 0.6) is 5.75 Å². The second kappa shape index (κ2) is 6.97. The predicted molar refractivity (Wildman–Crippen MR) is 67.7 cm³/mol. The van der Waals surface area contributed by atoms with Gasteiger partial charge in [0, 0.05) is 11.6 Å². The Morgan fingerprint density at radius 1 is 1.32 bits per heavy atom. The number of ether oxygens (including phenoxy) is 2. The molecular weight excluding hydrogens is 246 g/mol. The zero-order chi connectivity index (χ0) is 14.3. The Labute approximate surface area is 111 Å². The van der Waals surface area contributed by atoms with Crippen molar-refractivity contribution >= 4 is 11.8 Å². The number of benzene rings is 1. The van der Waals surface area contributed by atoms with Gasteiger partial charge in [0.2, 0.25) is 0 Å². The maximum Gasteiger partial charge on any atom is 0.349 e. The first kappa shape index (κ1) is 14.5. The Kier molecular flexibility index (Phi) is 5.30. The van der Waals surface area contributed by atoms with Crippen molar-refractivity contribution in [2.24, 2.45) is 0 Å². The molecule has 5 nitrogen and oxygen atoms in total. The van der Waals surface area contributed by atoms with Crippen LogP contribution < -0.4 is 4.74 Å². The summed E-state index contributed by atoms with van der Waals surface area (Å²) < 4.78 is 9.63. The molecule has 0 fully saturated rings. The smallest absolute Gasteiger partial charge is 0.349 e. The molecule has 0 spiro atoms. The van der Waals surface area contributed by atoms with Gasteiger partial charge in [-0.2, -0.15) is 5.26 Å². The third-order valence-corrected chi connectivity index (χ3v) is 2.27. The maximum atomic E-state index is 11.8. The van der Waals surface area contributed by atoms with Crippen LogP contribution >= 0.6 is 0 Å². The monoisotopic (exact) mass is 259 g/mol. The minimum Gasteiger partial charge on any atom is -0.497 e. The van der Waals surface area contributed by atoms with Gasteiger partial charge in [-0.25, -0.2) is 4.79 Å². The van der Waals surface area contributed by atoms with Crippen molar-refractivity contribution in [1.29, 1.82) is 5.26 Å². The summed E-state index contributed by atoms with van der Waals surface area (Å²) in [7, 11) is 1.52. The summed E-state index contributed by atoms with van der Waals surface area (Å²) in [6, 6.07) is 8.00. The molecule has 0 bridgehead atoms. The van der Waals surface area contributed by atoms with Crippen LogP contribution in [0.15, 0.2) is 35.9 Å². The number of carbonyl (C=O) groups excluding carboxylic acids is 2. The topological polar surface area (TPSA) is 76.4 Å². The molecule has 0 unspecified atom stereocenters. The Morgan fingerprint density at radius 3 is 2.42 bits per heavy atom. The van der Waals surface area contributed by atoms with Gasteiger partial charge in [0.15, 0.2) is 5.78 Å². The molecule has 0 N–H and O–H groups in total. The van der Waals surface area contributed by atoms with E-state index in [0.717, 1.165) is 6.08 Å². The molecule has 0 saturated heterocycles. The van der Waals surface area contributed by atoms with Crippen LogP contribution in [0.1, 0.15) is 17.3 Å². The maximum absolute atomic E-state index is 11.8. The lowest BCUT2D eigenvalue weighted by Gasteiger charge is -2.01. The Bertz CT molecular complexity index is 538. The molecular formula is C14H13NO4. The Hall–Kier alpha value is -2.61. The number of allylic oxidation sites excluding steroid dienone is 1. The van der Waals surface area contributed by atoms with Crippen molar-refractivity contribution in [2.75, 3.05) is 13.7 Å². The second-order valence-corrected chi connectivity index (χ2v) is 3.48. The van der Waals surface area contributed by atoms with Gasteiger partial charge in [-0.3, -0.25) is 4.79 Å². The van der Waals surface area contributed by atoms with Crippen LogP contribution in [0.25, 0.3) is 0 Å². The van der Waals surface area contributed by atoms with Crippen molar-refractivity contribution in [2.45, 2.75) is 6.92 Å². The number of ketones is 1. The summed E-state index contributed by atoms with van der Waals surface area (Å²) in [5.74, 6) is -0.620. The van der Waals surface area contributed by atoms with E-state index >= 15 is 0 Å². The fraction of sp³-hybridized carbons (Fsp3) is 0.214. The molecule has 0 amide bonds. The number of carbonyl (C=O) groups is 2. The number of hydrogen-bond acceptors (Lipinski definition) is 5. The fourth-order valence-electron chi connectivity index (χ4n) is 1.32. The highest BCUT2D eigenvalue weighted by molar-refractivity contribution is 6.10. The molecule has 1 rings (SSSR count). The van der Waals surface area contributed by atoms with Crippen molar-refractivity contribution in [3.8, 4) is 11.8 Å². The van der Waals surface area contributed by atoms with Gasteiger partial charge in [-0.15, -0.1) is 0 Å². The predicted octanol–water partition coefficient (Wildman–Crippen LogP) is 1.89. The van der Waals surface area contributed by atoms with E-state index in [1.54, 1.807) is 37.3 Å². The van der Waals surface area contributed by atoms with Gasteiger partial charge >= 0.3 is 5.97 Å². The first-order valence-electron chi connectivity index (χ1n) is 5.59. The lowest BCUT2D eigenvalue weighted by Crippen LogP contribution is -2.08. The normalized spacial score (nSPS) is 10.5. The van der Waals surface area contributed by atoms with E-state index in [2.05, 4.69) is 4.74 Å². The number of methoxy groups -OCH3 is 1. The summed E-state index contributed by atoms with van der Waals surface area (Å²) in [6.45, 7) is 1.77. The van der Waals surface area contributed by atoms with Crippen LogP contribution in [0.3, 0.4) is 0 Å². The molecule has 0 heterocycles. The van der Waals surface area contributed by atoms with Crippen LogP contribution in [-0.4, -0.2) is 25.5 Å². The van der Waals surface area contributed by atoms with Crippen LogP contribution in [0, 0.1) is 11.3 Å². The quantitative estimate of drug-likeness (QED) is 0.349. The van der Waals surface area contributed by atoms with Crippen molar-refractivity contribution in [1.82, 2.24) is 0 Å². The van der Waals surface area contributed by atoms with Crippen LogP contribution in [0.4, 0.5) is 0 Å². The van der Waals surface area contributed by atoms with Gasteiger partial charge in [0.05, 0.1) is 13.7 Å². The molecule has 0 aliphatic carbocycles. The molecule has 0 aromatic heterocycles. The first-order chi connectivity index (χ1) is 9.12. The largest absolute Gasteiger partial charge is 0.497 e. The van der Waals surface area contributed by atoms with Gasteiger partial charge in [0.25, 0.3) is 0 Å². The summed E-state index contributed by atoms with van der Waals surface area (Å²) in [6.07, 6.45) is 0.972. The summed E-state index contributed by atoms with van der Waals surface area (Å²) in [4.78, 5) is 23.2. The zero-order valence-corrected chi connectivity index (χ0v) is 10.7. The van der Waals surface area contributed by atoms with E-state index in [4.69, 9.17) is 10.00 Å². The van der Waals surface area contributed by atoms with E-state index in [0.29, 0.717) is 11.3 Å². The lowest BCUT2D eigenvalue weighted by atomic mass is 10.1. The molecule has 1 aromatic carbocycles. The Morgan fingerprint density at radius 2 is 1.95 bits per heavy atom. The highest BCUT2D eigenvalue weighted by atomic mass is 16.5. The third kappa shape index (κ3) is 3.96. The zero-order valence-electron chi connectivity index (χ0n) is 10.7. The van der Waals surface area contributed by atoms with Crippen molar-refractivity contribution in [3.05, 3.63) is 41.5 Å². The summed E-state index contributed by atoms with van der Waals surface area (Å²) in [5.41, 5.74) is 0.0421. The van der Waals surface area contributed by atoms with Gasteiger partial charge < -0.3 is 9.47 Å². The molecule has 0 atom stereocenters. The fourth-order valence-corrected chi connectivity index (χ4v) is 1.32. The molecule has 0 aliphatic heterocycles. The van der Waals surface area contributed by atoms with Gasteiger partial charge in [-0.05, 0) is 31.2 Å². The third-order valence-electron chi connectivity index (χ3n) is 2.27. The Balaban J connectivity index is 2.92. The minimum atomic E-state index is -0.799. The molecule has 1 aromatic rings. The lowest BCUT2D eigenvalue weighted by molar-refractivity contribution is -0.138. The highest BCUT2D eigenvalue weighted by Gasteiger charge is 2.13. The van der Waals surface area contributed by atoms with Crippen molar-refractivity contribution < 1.29 is 19.1 Å². The van der Waals surface area contributed by atoms with Gasteiger partial charge in [0.1, 0.15) is 17.4 Å². The van der Waals surface area contributed by atoms with E-state index in [9.17, 15) is 9.59 Å². The first-order valence-corrected chi connectivity index (χ1v) is 5.59. The number of nitrogens with zero attached hydrogens (tertiary/aromatic N) is 1. The summed E-state index contributed by atoms with van der Waals surface area (Å²) >= 11 is 0. The van der Waals surface area contributed by atoms with Crippen molar-refractivity contribution in [3.63, 3.8) is 0 Å². The molecule has 0 aliphatic rings. The number of esters is 1. The highest BCUT2D eigenvalue weighted by Crippen LogP contribution is 2.12. The van der Waals surface area contributed by atoms with Crippen LogP contribution in [0.2, 0.25) is 0 Å². The van der Waals surface area contributed by atoms with E-state index < -0.39 is 11.8 Å². The van der Waals surface area contributed by atoms with Gasteiger partial charge in [-0.1, -0.05) is 0 Å². The molecule has 98 valence electrons. The average Bonchev–Trinajstić information content (AvgIpc) is 2.44. The molecule has 5 heteroatoms. The molecule has 0 radical (unpaired) electrons. The number of nitriles is 1. The standard InChI is InChI=1S/C14H13NO4/c1-3-19-14(17)11(9-15)8-13(16)10-4-6-12(18-2)7-5-10/h4-8H,3H2,1-2H3. The number of rotatable bonds is 5. The number of hydrogen-bond donors (Lipinski definition) is 0. The molecule has 19 heavy (non-hydrogen) atoms. The SMILES string of the molecule is CCOC(=O)C(C#N)=CC(=O)c1ccc(OC)cc1. The molecule has 0 saturated carbocycles. The van der Waals surface area contributed by atoms with E-state index in [1.165, 1.54) is 7.11 Å². The summed E-state index contributed by atoms with van der Waals surface area (Å²) in [5, 5.41) is 8.81. The minimum absolute atomic E-state index is 0.147. The second-order valence-electron chi connectivity index (χ2n) is 3.48. The van der Waals surface area contributed by atoms with E-state index in [1.807, 2.05) is 0 Å². The average molecular weight is 259 g/mol. The van der Waals surface area contributed by atoms with Crippen LogP contribution in [-0.2, 0) is 9.53 Å². The van der Waals surface area contributed by atoms with E-state index in [-0.39, 0.29) is 12.2 Å².